The smallest absolute Gasteiger partial charge is 0.338 e. The molecule has 2 aromatic carbocycles. The number of ether oxygens (including phenoxy) is 3. The Bertz CT molecular complexity index is 1680. The van der Waals surface area contributed by atoms with Gasteiger partial charge in [0.25, 0.3) is 5.56 Å². The maximum absolute atomic E-state index is 13.8. The molecule has 5 rings (SSSR count). The molecular formula is C29H26N2O6S. The van der Waals surface area contributed by atoms with Crippen molar-refractivity contribution >= 4 is 35.4 Å². The quantitative estimate of drug-likeness (QED) is 0.370. The van der Waals surface area contributed by atoms with Crippen molar-refractivity contribution < 1.29 is 23.8 Å². The predicted octanol–water partition coefficient (Wildman–Crippen LogP) is 3.54. The number of carbonyl (C=O) groups excluding carboxylic acids is 2. The molecule has 0 N–H and O–H groups in total. The highest BCUT2D eigenvalue weighted by Gasteiger charge is 2.33. The summed E-state index contributed by atoms with van der Waals surface area (Å²) in [5, 5.41) is 0. The fourth-order valence-electron chi connectivity index (χ4n) is 4.56. The topological polar surface area (TPSA) is 96.2 Å². The van der Waals surface area contributed by atoms with Gasteiger partial charge in [0.1, 0.15) is 17.6 Å². The Labute approximate surface area is 222 Å². The van der Waals surface area contributed by atoms with Gasteiger partial charge in [0.2, 0.25) is 0 Å². The molecule has 0 aliphatic carbocycles. The molecule has 3 heterocycles. The summed E-state index contributed by atoms with van der Waals surface area (Å²) in [5.74, 6) is 0.188. The average Bonchev–Trinajstić information content (AvgIpc) is 3.18. The van der Waals surface area contributed by atoms with E-state index in [9.17, 15) is 14.4 Å². The molecule has 2 aliphatic heterocycles. The number of aromatic nitrogens is 1. The van der Waals surface area contributed by atoms with Gasteiger partial charge < -0.3 is 14.2 Å². The summed E-state index contributed by atoms with van der Waals surface area (Å²) in [6.07, 6.45) is 3.60. The Morgan fingerprint density at radius 3 is 2.61 bits per heavy atom. The lowest BCUT2D eigenvalue weighted by molar-refractivity contribution is -0.139. The van der Waals surface area contributed by atoms with E-state index in [4.69, 9.17) is 14.2 Å². The molecule has 38 heavy (non-hydrogen) atoms. The second-order valence-electron chi connectivity index (χ2n) is 8.91. The molecule has 2 aliphatic rings. The number of hydrogen-bond donors (Lipinski definition) is 0. The van der Waals surface area contributed by atoms with Crippen molar-refractivity contribution in [3.63, 3.8) is 0 Å². The average molecular weight is 531 g/mol. The fourth-order valence-corrected chi connectivity index (χ4v) is 5.61. The van der Waals surface area contributed by atoms with E-state index in [2.05, 4.69) is 4.99 Å². The van der Waals surface area contributed by atoms with E-state index in [1.807, 2.05) is 43.3 Å². The summed E-state index contributed by atoms with van der Waals surface area (Å²) in [4.78, 5) is 43.3. The van der Waals surface area contributed by atoms with Crippen molar-refractivity contribution in [3.8, 4) is 11.5 Å². The van der Waals surface area contributed by atoms with Crippen LogP contribution in [-0.2, 0) is 14.3 Å². The largest absolute Gasteiger partial charge is 0.485 e. The van der Waals surface area contributed by atoms with Crippen molar-refractivity contribution in [1.29, 1.82) is 0 Å². The van der Waals surface area contributed by atoms with Gasteiger partial charge in [0, 0.05) is 12.5 Å². The summed E-state index contributed by atoms with van der Waals surface area (Å²) in [7, 11) is 0. The number of para-hydroxylation sites is 1. The molecule has 8 nitrogen and oxygen atoms in total. The number of thiazole rings is 1. The highest BCUT2D eigenvalue weighted by Crippen LogP contribution is 2.32. The standard InChI is InChI=1S/C29H26N2O6S/c1-5-35-28(34)25-16(2)30-29-31(26(25)19-10-12-22(13-11-19)37-18(4)32)27(33)24(38-29)15-21-14-20-8-6-7-9-23(20)36-17(21)3/h6-15,17,26H,5H2,1-4H3. The Morgan fingerprint density at radius 1 is 1.16 bits per heavy atom. The van der Waals surface area contributed by atoms with Crippen molar-refractivity contribution in [2.75, 3.05) is 6.61 Å². The number of benzene rings is 2. The maximum atomic E-state index is 13.8. The van der Waals surface area contributed by atoms with Gasteiger partial charge in [-0.25, -0.2) is 9.79 Å². The summed E-state index contributed by atoms with van der Waals surface area (Å²) >= 11 is 1.26. The van der Waals surface area contributed by atoms with E-state index < -0.39 is 18.0 Å². The molecule has 0 spiro atoms. The zero-order valence-corrected chi connectivity index (χ0v) is 22.2. The third kappa shape index (κ3) is 4.72. The van der Waals surface area contributed by atoms with Crippen LogP contribution < -0.4 is 24.4 Å². The van der Waals surface area contributed by atoms with Crippen molar-refractivity contribution in [2.24, 2.45) is 4.99 Å². The fraction of sp³-hybridized carbons (Fsp3) is 0.241. The number of nitrogens with zero attached hydrogens (tertiary/aromatic N) is 2. The number of hydrogen-bond acceptors (Lipinski definition) is 8. The Kier molecular flexibility index (Phi) is 6.86. The first-order valence-electron chi connectivity index (χ1n) is 12.2. The normalized spacial score (nSPS) is 18.5. The van der Waals surface area contributed by atoms with Gasteiger partial charge in [-0.3, -0.25) is 14.2 Å². The van der Waals surface area contributed by atoms with Crippen LogP contribution in [0.3, 0.4) is 0 Å². The number of rotatable bonds is 5. The van der Waals surface area contributed by atoms with Crippen LogP contribution >= 0.6 is 11.3 Å². The number of allylic oxidation sites excluding steroid dienone is 1. The lowest BCUT2D eigenvalue weighted by atomic mass is 9.96. The molecule has 0 saturated heterocycles. The van der Waals surface area contributed by atoms with Gasteiger partial charge in [0.05, 0.1) is 28.5 Å². The van der Waals surface area contributed by atoms with Crippen LogP contribution in [0, 0.1) is 0 Å². The first kappa shape index (κ1) is 25.4. The predicted molar refractivity (Wildman–Crippen MR) is 144 cm³/mol. The zero-order chi connectivity index (χ0) is 27.0. The van der Waals surface area contributed by atoms with Crippen LogP contribution in [-0.4, -0.2) is 29.2 Å². The SMILES string of the molecule is CCOC(=O)C1=C(C)N=c2sc(=CC3=Cc4ccccc4OC3C)c(=O)n2C1c1ccc(OC(C)=O)cc1. The second-order valence-corrected chi connectivity index (χ2v) is 9.92. The van der Waals surface area contributed by atoms with Crippen LogP contribution in [0.1, 0.15) is 44.9 Å². The molecule has 0 amide bonds. The zero-order valence-electron chi connectivity index (χ0n) is 21.4. The Balaban J connectivity index is 1.66. The molecule has 0 radical (unpaired) electrons. The monoisotopic (exact) mass is 530 g/mol. The minimum Gasteiger partial charge on any atom is -0.485 e. The van der Waals surface area contributed by atoms with Crippen molar-refractivity contribution in [2.45, 2.75) is 39.8 Å². The van der Waals surface area contributed by atoms with E-state index >= 15 is 0 Å². The second kappa shape index (κ2) is 10.3. The first-order chi connectivity index (χ1) is 18.3. The molecular weight excluding hydrogens is 504 g/mol. The highest BCUT2D eigenvalue weighted by atomic mass is 32.1. The van der Waals surface area contributed by atoms with Crippen molar-refractivity contribution in [1.82, 2.24) is 4.57 Å². The van der Waals surface area contributed by atoms with Crippen LogP contribution in [0.25, 0.3) is 12.2 Å². The lowest BCUT2D eigenvalue weighted by Gasteiger charge is -2.24. The van der Waals surface area contributed by atoms with E-state index in [1.54, 1.807) is 38.1 Å². The summed E-state index contributed by atoms with van der Waals surface area (Å²) in [6.45, 7) is 6.91. The molecule has 3 aromatic rings. The van der Waals surface area contributed by atoms with Crippen LogP contribution in [0.5, 0.6) is 11.5 Å². The van der Waals surface area contributed by atoms with Gasteiger partial charge in [-0.2, -0.15) is 0 Å². The van der Waals surface area contributed by atoms with Crippen LogP contribution in [0.2, 0.25) is 0 Å². The molecule has 194 valence electrons. The van der Waals surface area contributed by atoms with Gasteiger partial charge in [-0.15, -0.1) is 0 Å². The summed E-state index contributed by atoms with van der Waals surface area (Å²) in [5.41, 5.74) is 2.95. The van der Waals surface area contributed by atoms with E-state index in [-0.39, 0.29) is 23.8 Å². The van der Waals surface area contributed by atoms with Gasteiger partial charge in [0.15, 0.2) is 4.80 Å². The van der Waals surface area contributed by atoms with Gasteiger partial charge in [-0.05, 0) is 62.3 Å². The third-order valence-electron chi connectivity index (χ3n) is 6.29. The van der Waals surface area contributed by atoms with E-state index in [0.29, 0.717) is 26.3 Å². The van der Waals surface area contributed by atoms with E-state index in [0.717, 1.165) is 16.9 Å². The Morgan fingerprint density at radius 2 is 1.89 bits per heavy atom. The molecule has 0 bridgehead atoms. The minimum absolute atomic E-state index is 0.186. The molecule has 9 heteroatoms. The highest BCUT2D eigenvalue weighted by molar-refractivity contribution is 7.07. The summed E-state index contributed by atoms with van der Waals surface area (Å²) in [6, 6.07) is 13.7. The molecule has 0 fully saturated rings. The molecule has 0 saturated carbocycles. The van der Waals surface area contributed by atoms with Gasteiger partial charge in [-0.1, -0.05) is 41.7 Å². The molecule has 2 unspecified atom stereocenters. The molecule has 1 aromatic heterocycles. The molecule has 2 atom stereocenters. The first-order valence-corrected chi connectivity index (χ1v) is 13.0. The maximum Gasteiger partial charge on any atom is 0.338 e. The van der Waals surface area contributed by atoms with E-state index in [1.165, 1.54) is 22.8 Å². The summed E-state index contributed by atoms with van der Waals surface area (Å²) < 4.78 is 18.5. The Hall–Kier alpha value is -4.24. The minimum atomic E-state index is -0.756. The third-order valence-corrected chi connectivity index (χ3v) is 7.27. The number of carbonyl (C=O) groups is 2. The number of fused-ring (bicyclic) bond motifs is 2. The lowest BCUT2D eigenvalue weighted by Crippen LogP contribution is -2.40. The van der Waals surface area contributed by atoms with Crippen molar-refractivity contribution in [3.05, 3.63) is 96.2 Å². The van der Waals surface area contributed by atoms with Crippen LogP contribution in [0.15, 0.2) is 75.2 Å². The van der Waals surface area contributed by atoms with Crippen LogP contribution in [0.4, 0.5) is 0 Å². The number of esters is 2. The van der Waals surface area contributed by atoms with Gasteiger partial charge >= 0.3 is 11.9 Å².